The standard InChI is InChI=1S/C52H66FN9O8/c1-28(2)45(58-51(65)67-8)48(63)60(26-31(7)53)27-44-54-24-38(56-44)32-16-18-40-35(20-32)22-42-37-17-15-33(23-43(37)70-50(62(40)42)34-12-10-13-36(21-34)69-30(5)6)39-25-55-47(57-39)41-14-11-19-61(41)49(64)46(29(3)4)59-52(66)68-9/h10,12-13,16,18,20-25,28-31,41,45-46,50,52,59,66H,11,14-15,17,19,26-27H2,1-9H3,(H,54,56)(H,55,57)(H,58,65). The van der Waals surface area contributed by atoms with E-state index in [2.05, 4.69) is 54.4 Å². The van der Waals surface area contributed by atoms with Crippen molar-refractivity contribution in [3.63, 3.8) is 0 Å². The van der Waals surface area contributed by atoms with E-state index in [1.165, 1.54) is 26.0 Å². The number of imidazole rings is 2. The monoisotopic (exact) mass is 964 g/mol. The SMILES string of the molecule is COC(=O)NC(C(=O)N(Cc1ncc(-c2ccc3c(c2)cc2n3C(c3cccc(OC(C)C)c3)OC3=C2CCC(c2cnc(C4CCCN4C(=O)C(NC(O)OC)C(C)C)[nH]2)=C3)[nH]1)CC(C)F)C(C)C. The van der Waals surface area contributed by atoms with Crippen LogP contribution in [0.2, 0.25) is 0 Å². The normalized spacial score (nSPS) is 18.6. The second-order valence-corrected chi connectivity index (χ2v) is 19.3. The first kappa shape index (κ1) is 49.9. The fourth-order valence-corrected chi connectivity index (χ4v) is 9.70. The van der Waals surface area contributed by atoms with Crippen LogP contribution in [0.3, 0.4) is 0 Å². The number of likely N-dealkylation sites (tertiary alicyclic amines) is 1. The third-order valence-electron chi connectivity index (χ3n) is 13.1. The Balaban J connectivity index is 1.10. The number of nitrogens with one attached hydrogen (secondary N) is 4. The van der Waals surface area contributed by atoms with E-state index in [-0.39, 0.29) is 43.0 Å². The highest BCUT2D eigenvalue weighted by Crippen LogP contribution is 2.46. The number of hydrogen-bond acceptors (Lipinski definition) is 11. The molecule has 5 heterocycles. The quantitative estimate of drug-likeness (QED) is 0.0534. The number of benzene rings is 2. The highest BCUT2D eigenvalue weighted by Gasteiger charge is 2.38. The van der Waals surface area contributed by atoms with Crippen molar-refractivity contribution < 1.29 is 42.8 Å². The molecular formula is C52H66FN9O8. The molecule has 0 saturated carbocycles. The topological polar surface area (TPSA) is 201 Å². The van der Waals surface area contributed by atoms with E-state index in [1.54, 1.807) is 20.0 Å². The van der Waals surface area contributed by atoms with Crippen molar-refractivity contribution in [2.45, 2.75) is 124 Å². The van der Waals surface area contributed by atoms with E-state index < -0.39 is 42.9 Å². The number of carbonyl (C=O) groups is 3. The second-order valence-electron chi connectivity index (χ2n) is 19.3. The van der Waals surface area contributed by atoms with Crippen LogP contribution in [0.5, 0.6) is 5.75 Å². The highest BCUT2D eigenvalue weighted by molar-refractivity contribution is 5.92. The molecule has 8 rings (SSSR count). The lowest BCUT2D eigenvalue weighted by molar-refractivity contribution is -0.145. The molecule has 17 nitrogen and oxygen atoms in total. The van der Waals surface area contributed by atoms with Crippen molar-refractivity contribution in [3.05, 3.63) is 101 Å². The number of methoxy groups -OCH3 is 2. The van der Waals surface area contributed by atoms with Gasteiger partial charge < -0.3 is 53.7 Å². The van der Waals surface area contributed by atoms with Crippen molar-refractivity contribution in [1.29, 1.82) is 0 Å². The predicted octanol–water partition coefficient (Wildman–Crippen LogP) is 7.97. The second kappa shape index (κ2) is 21.2. The third kappa shape index (κ3) is 10.6. The molecule has 5 N–H and O–H groups in total. The van der Waals surface area contributed by atoms with Crippen LogP contribution >= 0.6 is 0 Å². The zero-order valence-corrected chi connectivity index (χ0v) is 41.4. The van der Waals surface area contributed by atoms with E-state index in [4.69, 9.17) is 23.9 Å². The lowest BCUT2D eigenvalue weighted by atomic mass is 9.92. The summed E-state index contributed by atoms with van der Waals surface area (Å²) in [7, 11) is 2.61. The summed E-state index contributed by atoms with van der Waals surface area (Å²) in [5, 5.41) is 16.7. The number of aliphatic hydroxyl groups is 1. The molecule has 6 atom stereocenters. The van der Waals surface area contributed by atoms with Crippen LogP contribution in [0.25, 0.3) is 33.3 Å². The lowest BCUT2D eigenvalue weighted by Gasteiger charge is -2.33. The number of carbonyl (C=O) groups excluding carboxylic acids is 3. The minimum Gasteiger partial charge on any atom is -0.491 e. The van der Waals surface area contributed by atoms with Gasteiger partial charge in [-0.15, -0.1) is 0 Å². The molecule has 0 spiro atoms. The van der Waals surface area contributed by atoms with Gasteiger partial charge in [0.2, 0.25) is 24.5 Å². The summed E-state index contributed by atoms with van der Waals surface area (Å²) in [6, 6.07) is 14.6. The number of fused-ring (bicyclic) bond motifs is 4. The van der Waals surface area contributed by atoms with E-state index >= 15 is 0 Å². The molecule has 6 unspecified atom stereocenters. The van der Waals surface area contributed by atoms with Crippen LogP contribution in [-0.2, 0) is 30.3 Å². The highest BCUT2D eigenvalue weighted by atomic mass is 19.1. The van der Waals surface area contributed by atoms with E-state index in [0.29, 0.717) is 24.6 Å². The summed E-state index contributed by atoms with van der Waals surface area (Å²) in [5.41, 5.74) is 7.46. The van der Waals surface area contributed by atoms with Crippen molar-refractivity contribution in [3.8, 4) is 17.0 Å². The molecule has 1 saturated heterocycles. The summed E-state index contributed by atoms with van der Waals surface area (Å²) in [5.74, 6) is 1.77. The van der Waals surface area contributed by atoms with Gasteiger partial charge in [0.25, 0.3) is 0 Å². The molecule has 2 aliphatic heterocycles. The molecule has 0 bridgehead atoms. The molecule has 0 radical (unpaired) electrons. The van der Waals surface area contributed by atoms with Gasteiger partial charge in [-0.1, -0.05) is 45.9 Å². The number of halogens is 1. The number of H-pyrrole nitrogens is 2. The maximum atomic E-state index is 14.5. The Hall–Kier alpha value is -6.50. The Morgan fingerprint density at radius 2 is 1.73 bits per heavy atom. The summed E-state index contributed by atoms with van der Waals surface area (Å²) < 4.78 is 39.7. The van der Waals surface area contributed by atoms with E-state index in [1.807, 2.05) is 69.1 Å². The number of alkyl halides is 1. The van der Waals surface area contributed by atoms with Gasteiger partial charge in [0.1, 0.15) is 35.4 Å². The number of aliphatic hydroxyl groups excluding tert-OH is 1. The molecule has 374 valence electrons. The van der Waals surface area contributed by atoms with Gasteiger partial charge in [-0.3, -0.25) is 14.9 Å². The molecule has 5 aromatic rings. The van der Waals surface area contributed by atoms with Crippen LogP contribution in [0.4, 0.5) is 9.18 Å². The van der Waals surface area contributed by atoms with Gasteiger partial charge in [0.05, 0.1) is 73.4 Å². The number of aromatic amines is 2. The third-order valence-corrected chi connectivity index (χ3v) is 13.1. The smallest absolute Gasteiger partial charge is 0.407 e. The van der Waals surface area contributed by atoms with Crippen molar-refractivity contribution >= 4 is 40.0 Å². The van der Waals surface area contributed by atoms with Gasteiger partial charge in [-0.25, -0.2) is 19.2 Å². The van der Waals surface area contributed by atoms with Crippen LogP contribution in [0, 0.1) is 11.8 Å². The number of aromatic nitrogens is 5. The molecule has 1 aliphatic carbocycles. The van der Waals surface area contributed by atoms with E-state index in [9.17, 15) is 23.9 Å². The first-order chi connectivity index (χ1) is 33.5. The van der Waals surface area contributed by atoms with Crippen molar-refractivity contribution in [1.82, 2.24) is 44.9 Å². The largest absolute Gasteiger partial charge is 0.491 e. The average Bonchev–Trinajstić information content (AvgIpc) is 4.17. The Bertz CT molecular complexity index is 2750. The zero-order valence-electron chi connectivity index (χ0n) is 41.4. The molecule has 3 aliphatic rings. The van der Waals surface area contributed by atoms with Gasteiger partial charge in [-0.05, 0) is 100 Å². The maximum Gasteiger partial charge on any atom is 0.407 e. The summed E-state index contributed by atoms with van der Waals surface area (Å²) in [4.78, 5) is 59.3. The molecule has 2 aromatic carbocycles. The van der Waals surface area contributed by atoms with Gasteiger partial charge in [-0.2, -0.15) is 0 Å². The summed E-state index contributed by atoms with van der Waals surface area (Å²) in [6.07, 6.45) is 4.78. The van der Waals surface area contributed by atoms with Crippen molar-refractivity contribution in [2.75, 3.05) is 27.3 Å². The molecule has 3 amide bonds. The number of alkyl carbamates (subject to hydrolysis) is 1. The van der Waals surface area contributed by atoms with E-state index in [0.717, 1.165) is 81.0 Å². The average molecular weight is 964 g/mol. The summed E-state index contributed by atoms with van der Waals surface area (Å²) >= 11 is 0. The van der Waals surface area contributed by atoms with Gasteiger partial charge in [0, 0.05) is 35.7 Å². The van der Waals surface area contributed by atoms with Crippen molar-refractivity contribution in [2.24, 2.45) is 11.8 Å². The fourth-order valence-electron chi connectivity index (χ4n) is 9.70. The number of amides is 3. The lowest BCUT2D eigenvalue weighted by Crippen LogP contribution is -2.52. The Morgan fingerprint density at radius 1 is 0.957 bits per heavy atom. The summed E-state index contributed by atoms with van der Waals surface area (Å²) in [6.45, 7) is 13.3. The predicted molar refractivity (Wildman–Crippen MR) is 262 cm³/mol. The number of rotatable bonds is 18. The molecule has 3 aromatic heterocycles. The van der Waals surface area contributed by atoms with Crippen LogP contribution < -0.4 is 15.4 Å². The number of ether oxygens (including phenoxy) is 4. The molecule has 1 fully saturated rings. The first-order valence-corrected chi connectivity index (χ1v) is 24.2. The Kier molecular flexibility index (Phi) is 15.1. The number of hydrogen-bond donors (Lipinski definition) is 5. The molecule has 70 heavy (non-hydrogen) atoms. The molecule has 18 heteroatoms. The van der Waals surface area contributed by atoms with Crippen LogP contribution in [0.15, 0.2) is 72.8 Å². The minimum atomic E-state index is -1.32. The first-order valence-electron chi connectivity index (χ1n) is 24.2. The van der Waals surface area contributed by atoms with Crippen LogP contribution in [-0.4, -0.2) is 115 Å². The zero-order chi connectivity index (χ0) is 50.0. The number of nitrogens with zero attached hydrogens (tertiary/aromatic N) is 5. The van der Waals surface area contributed by atoms with Gasteiger partial charge >= 0.3 is 6.09 Å². The Labute approximate surface area is 407 Å². The number of allylic oxidation sites excluding steroid dienone is 3. The van der Waals surface area contributed by atoms with Gasteiger partial charge in [0.15, 0.2) is 0 Å². The van der Waals surface area contributed by atoms with Crippen LogP contribution in [0.1, 0.15) is 115 Å². The fraction of sp³-hybridized carbons (Fsp3) is 0.481. The maximum absolute atomic E-state index is 14.5. The molecular weight excluding hydrogens is 898 g/mol. The minimum absolute atomic E-state index is 0.00303. The Morgan fingerprint density at radius 3 is 2.44 bits per heavy atom.